The van der Waals surface area contributed by atoms with Crippen molar-refractivity contribution in [3.05, 3.63) is 123 Å². The molecule has 0 bridgehead atoms. The van der Waals surface area contributed by atoms with Gasteiger partial charge in [0.05, 0.1) is 18.3 Å². The highest BCUT2D eigenvalue weighted by molar-refractivity contribution is 6.09. The van der Waals surface area contributed by atoms with Crippen molar-refractivity contribution in [1.82, 2.24) is 15.2 Å². The molecule has 0 aliphatic heterocycles. The summed E-state index contributed by atoms with van der Waals surface area (Å²) in [5.74, 6) is -5.26. The summed E-state index contributed by atoms with van der Waals surface area (Å²) in [5.41, 5.74) is 0.292. The van der Waals surface area contributed by atoms with Crippen LogP contribution in [0.3, 0.4) is 0 Å². The highest BCUT2D eigenvalue weighted by Crippen LogP contribution is 2.33. The molecule has 2 amide bonds. The number of ketones is 1. The Kier molecular flexibility index (Phi) is 10.0. The maximum atomic E-state index is 15.1. The van der Waals surface area contributed by atoms with E-state index in [1.807, 2.05) is 0 Å². The van der Waals surface area contributed by atoms with Gasteiger partial charge >= 0.3 is 0 Å². The smallest absolute Gasteiger partial charge is 0.275 e. The number of hydrogen-bond acceptors (Lipinski definition) is 5. The van der Waals surface area contributed by atoms with Gasteiger partial charge in [0.15, 0.2) is 5.78 Å². The number of amides is 2. The summed E-state index contributed by atoms with van der Waals surface area (Å²) in [6, 6.07) is 17.4. The standard InChI is InChI=1S/C34H33F3N4O4/c1-5-34(36,37)26-16-21(15-25(18-26)30(42)22-9-11-27(35)12-10-22)19-41-29(23-7-6-8-24(17-23)32(44)39-4)14-13-28(33(41)45)40-31(43)20(2)38-3/h6-18,20,38H,5,19H2,1-4H3,(H,39,44)(H,40,43)/t20-/m0/s1. The lowest BCUT2D eigenvalue weighted by atomic mass is 9.95. The van der Waals surface area contributed by atoms with Crippen molar-refractivity contribution in [3.63, 3.8) is 0 Å². The lowest BCUT2D eigenvalue weighted by molar-refractivity contribution is -0.117. The number of nitrogens with one attached hydrogen (secondary N) is 3. The number of aromatic nitrogens is 1. The molecule has 11 heteroatoms. The maximum Gasteiger partial charge on any atom is 0.275 e. The number of benzene rings is 3. The highest BCUT2D eigenvalue weighted by Gasteiger charge is 2.31. The van der Waals surface area contributed by atoms with Crippen LogP contribution < -0.4 is 21.5 Å². The molecule has 0 aliphatic rings. The molecule has 1 heterocycles. The first kappa shape index (κ1) is 32.9. The summed E-state index contributed by atoms with van der Waals surface area (Å²) >= 11 is 0. The fraction of sp³-hybridized carbons (Fsp3) is 0.235. The largest absolute Gasteiger partial charge is 0.355 e. The molecule has 8 nitrogen and oxygen atoms in total. The monoisotopic (exact) mass is 618 g/mol. The van der Waals surface area contributed by atoms with Crippen molar-refractivity contribution < 1.29 is 27.6 Å². The fourth-order valence-electron chi connectivity index (χ4n) is 4.70. The molecule has 3 aromatic carbocycles. The molecule has 0 unspecified atom stereocenters. The van der Waals surface area contributed by atoms with Gasteiger partial charge < -0.3 is 20.5 Å². The van der Waals surface area contributed by atoms with Crippen LogP contribution in [0.4, 0.5) is 18.9 Å². The average molecular weight is 619 g/mol. The number of hydrogen-bond donors (Lipinski definition) is 3. The average Bonchev–Trinajstić information content (AvgIpc) is 3.05. The minimum Gasteiger partial charge on any atom is -0.355 e. The van der Waals surface area contributed by atoms with Crippen molar-refractivity contribution in [2.24, 2.45) is 0 Å². The predicted molar refractivity (Wildman–Crippen MR) is 166 cm³/mol. The number of likely N-dealkylation sites (N-methyl/N-ethyl adjacent to an activating group) is 1. The summed E-state index contributed by atoms with van der Waals surface area (Å²) in [6.45, 7) is 2.67. The normalized spacial score (nSPS) is 12.0. The molecule has 0 fully saturated rings. The molecule has 1 aromatic heterocycles. The van der Waals surface area contributed by atoms with Crippen molar-refractivity contribution in [2.45, 2.75) is 38.8 Å². The molecule has 4 rings (SSSR count). The van der Waals surface area contributed by atoms with Crippen molar-refractivity contribution in [1.29, 1.82) is 0 Å². The second-order valence-electron chi connectivity index (χ2n) is 10.5. The minimum atomic E-state index is -3.29. The molecule has 234 valence electrons. The van der Waals surface area contributed by atoms with Crippen LogP contribution in [0.2, 0.25) is 0 Å². The third-order valence-corrected chi connectivity index (χ3v) is 7.47. The third-order valence-electron chi connectivity index (χ3n) is 7.47. The number of alkyl halides is 2. The molecule has 3 N–H and O–H groups in total. The van der Waals surface area contributed by atoms with E-state index >= 15 is 8.78 Å². The first-order valence-electron chi connectivity index (χ1n) is 14.3. The van der Waals surface area contributed by atoms with E-state index in [2.05, 4.69) is 16.0 Å². The molecule has 45 heavy (non-hydrogen) atoms. The molecule has 0 saturated carbocycles. The minimum absolute atomic E-state index is 0.0500. The van der Waals surface area contributed by atoms with Gasteiger partial charge in [-0.2, -0.15) is 0 Å². The molecule has 0 aliphatic carbocycles. The molecule has 1 atom stereocenters. The van der Waals surface area contributed by atoms with Crippen LogP contribution in [0.15, 0.2) is 83.7 Å². The Balaban J connectivity index is 1.90. The highest BCUT2D eigenvalue weighted by atomic mass is 19.3. The SMILES string of the molecule is CCC(F)(F)c1cc(Cn2c(-c3cccc(C(=O)NC)c3)ccc(NC(=O)[C@H](C)NC)c2=O)cc(C(=O)c2ccc(F)cc2)c1. The topological polar surface area (TPSA) is 109 Å². The molecular formula is C34H33F3N4O4. The first-order valence-corrected chi connectivity index (χ1v) is 14.3. The Morgan fingerprint density at radius 1 is 0.889 bits per heavy atom. The third kappa shape index (κ3) is 7.38. The van der Waals surface area contributed by atoms with Gasteiger partial charge in [-0.3, -0.25) is 19.2 Å². The summed E-state index contributed by atoms with van der Waals surface area (Å²) in [7, 11) is 3.08. The van der Waals surface area contributed by atoms with Crippen molar-refractivity contribution in [2.75, 3.05) is 19.4 Å². The number of carbonyl (C=O) groups excluding carboxylic acids is 3. The van der Waals surface area contributed by atoms with Gasteiger partial charge in [-0.25, -0.2) is 13.2 Å². The van der Waals surface area contributed by atoms with Crippen LogP contribution in [0.5, 0.6) is 0 Å². The van der Waals surface area contributed by atoms with Gasteiger partial charge in [-0.15, -0.1) is 0 Å². The number of anilines is 1. The van der Waals surface area contributed by atoms with Gasteiger partial charge in [-0.1, -0.05) is 19.1 Å². The Labute approximate surface area is 258 Å². The lowest BCUT2D eigenvalue weighted by Gasteiger charge is -2.20. The second-order valence-corrected chi connectivity index (χ2v) is 10.5. The van der Waals surface area contributed by atoms with E-state index in [0.29, 0.717) is 16.8 Å². The van der Waals surface area contributed by atoms with Crippen LogP contribution in [0, 0.1) is 5.82 Å². The fourth-order valence-corrected chi connectivity index (χ4v) is 4.70. The van der Waals surface area contributed by atoms with Gasteiger partial charge in [0.25, 0.3) is 17.4 Å². The maximum absolute atomic E-state index is 15.1. The van der Waals surface area contributed by atoms with Crippen LogP contribution in [-0.2, 0) is 17.3 Å². The summed E-state index contributed by atoms with van der Waals surface area (Å²) in [5, 5.41) is 7.94. The summed E-state index contributed by atoms with van der Waals surface area (Å²) in [6.07, 6.45) is -0.538. The zero-order valence-corrected chi connectivity index (χ0v) is 25.2. The number of rotatable bonds is 11. The zero-order valence-electron chi connectivity index (χ0n) is 25.2. The lowest BCUT2D eigenvalue weighted by Crippen LogP contribution is -2.37. The molecule has 0 saturated heterocycles. The van der Waals surface area contributed by atoms with Crippen LogP contribution in [-0.4, -0.2) is 42.3 Å². The van der Waals surface area contributed by atoms with Gasteiger partial charge in [0, 0.05) is 35.7 Å². The predicted octanol–water partition coefficient (Wildman–Crippen LogP) is 5.34. The van der Waals surface area contributed by atoms with Gasteiger partial charge in [0.2, 0.25) is 5.91 Å². The number of nitrogens with zero attached hydrogens (tertiary/aromatic N) is 1. The van der Waals surface area contributed by atoms with Gasteiger partial charge in [-0.05, 0) is 91.8 Å². The summed E-state index contributed by atoms with van der Waals surface area (Å²) in [4.78, 5) is 52.2. The Morgan fingerprint density at radius 3 is 2.24 bits per heavy atom. The molecule has 4 aromatic rings. The Morgan fingerprint density at radius 2 is 1.60 bits per heavy atom. The van der Waals surface area contributed by atoms with E-state index in [1.54, 1.807) is 44.3 Å². The van der Waals surface area contributed by atoms with E-state index < -0.39 is 47.0 Å². The van der Waals surface area contributed by atoms with Crippen LogP contribution >= 0.6 is 0 Å². The quantitative estimate of drug-likeness (QED) is 0.197. The van der Waals surface area contributed by atoms with Crippen LogP contribution in [0.1, 0.15) is 57.7 Å². The van der Waals surface area contributed by atoms with E-state index in [0.717, 1.165) is 18.2 Å². The Bertz CT molecular complexity index is 1800. The number of pyridine rings is 1. The van der Waals surface area contributed by atoms with E-state index in [4.69, 9.17) is 0 Å². The molecule has 0 spiro atoms. The van der Waals surface area contributed by atoms with Gasteiger partial charge in [0.1, 0.15) is 11.5 Å². The summed E-state index contributed by atoms with van der Waals surface area (Å²) < 4.78 is 45.0. The molecule has 0 radical (unpaired) electrons. The second kappa shape index (κ2) is 13.7. The first-order chi connectivity index (χ1) is 21.4. The number of carbonyl (C=O) groups is 3. The zero-order chi connectivity index (χ0) is 32.9. The van der Waals surface area contributed by atoms with E-state index in [-0.39, 0.29) is 34.8 Å². The van der Waals surface area contributed by atoms with Crippen molar-refractivity contribution in [3.8, 4) is 11.3 Å². The van der Waals surface area contributed by atoms with E-state index in [1.165, 1.54) is 48.9 Å². The van der Waals surface area contributed by atoms with Crippen LogP contribution in [0.25, 0.3) is 11.3 Å². The number of halogens is 3. The van der Waals surface area contributed by atoms with Crippen molar-refractivity contribution >= 4 is 23.3 Å². The van der Waals surface area contributed by atoms with E-state index in [9.17, 15) is 23.6 Å². The molecular weight excluding hydrogens is 585 g/mol. The Hall–Kier alpha value is -5.03.